The number of benzene rings is 1. The number of halogens is 1. The number of nitrogens with one attached hydrogen (secondary N) is 1. The molecule has 1 aliphatic rings. The maximum Gasteiger partial charge on any atom is 0.239 e. The summed E-state index contributed by atoms with van der Waals surface area (Å²) in [6.45, 7) is 2.00. The number of likely N-dealkylation sites (N-methyl/N-ethyl adjacent to an activating group) is 1. The Morgan fingerprint density at radius 2 is 2.21 bits per heavy atom. The van der Waals surface area contributed by atoms with Gasteiger partial charge in [0.05, 0.1) is 12.6 Å². The third kappa shape index (κ3) is 4.11. The Morgan fingerprint density at radius 3 is 2.84 bits per heavy atom. The van der Waals surface area contributed by atoms with Crippen molar-refractivity contribution in [1.82, 2.24) is 10.2 Å². The minimum absolute atomic E-state index is 0.0134. The second kappa shape index (κ2) is 6.78. The lowest BCUT2D eigenvalue weighted by Gasteiger charge is -2.21. The molecule has 1 unspecified atom stereocenters. The van der Waals surface area contributed by atoms with Crippen LogP contribution in [0.5, 0.6) is 5.75 Å². The number of nitrogens with zero attached hydrogens (tertiary/aromatic N) is 1. The summed E-state index contributed by atoms with van der Waals surface area (Å²) >= 11 is 5.80. The molecule has 0 aromatic heterocycles. The maximum atomic E-state index is 12.0. The molecule has 19 heavy (non-hydrogen) atoms. The fourth-order valence-corrected chi connectivity index (χ4v) is 2.23. The molecule has 1 aromatic rings. The van der Waals surface area contributed by atoms with Crippen LogP contribution < -0.4 is 10.1 Å². The van der Waals surface area contributed by atoms with Gasteiger partial charge < -0.3 is 15.0 Å². The highest BCUT2D eigenvalue weighted by molar-refractivity contribution is 6.30. The van der Waals surface area contributed by atoms with Crippen molar-refractivity contribution in [2.45, 2.75) is 18.9 Å². The molecule has 0 saturated carbocycles. The molecule has 4 nitrogen and oxygen atoms in total. The molecule has 0 bridgehead atoms. The fourth-order valence-electron chi connectivity index (χ4n) is 2.10. The van der Waals surface area contributed by atoms with Crippen LogP contribution in [0.1, 0.15) is 12.8 Å². The van der Waals surface area contributed by atoms with E-state index in [1.807, 2.05) is 19.2 Å². The van der Waals surface area contributed by atoms with Gasteiger partial charge in [0.15, 0.2) is 0 Å². The molecule has 0 spiro atoms. The third-order valence-electron chi connectivity index (χ3n) is 3.24. The van der Waals surface area contributed by atoms with Crippen LogP contribution >= 0.6 is 11.6 Å². The molecular weight excluding hydrogens is 264 g/mol. The molecule has 5 heteroatoms. The number of hydrogen-bond donors (Lipinski definition) is 1. The van der Waals surface area contributed by atoms with Gasteiger partial charge in [0.25, 0.3) is 0 Å². The summed E-state index contributed by atoms with van der Waals surface area (Å²) in [6, 6.07) is 7.20. The van der Waals surface area contributed by atoms with Crippen molar-refractivity contribution < 1.29 is 9.53 Å². The van der Waals surface area contributed by atoms with E-state index >= 15 is 0 Å². The Hall–Kier alpha value is -1.26. The van der Waals surface area contributed by atoms with Crippen molar-refractivity contribution in [1.29, 1.82) is 0 Å². The monoisotopic (exact) mass is 282 g/mol. The highest BCUT2D eigenvalue weighted by Crippen LogP contribution is 2.15. The van der Waals surface area contributed by atoms with Crippen molar-refractivity contribution >= 4 is 17.5 Å². The number of carbonyl (C=O) groups excluding carboxylic acids is 1. The van der Waals surface area contributed by atoms with Crippen LogP contribution in [-0.2, 0) is 4.79 Å². The first-order valence-corrected chi connectivity index (χ1v) is 6.91. The Bertz CT molecular complexity index is 416. The second-order valence-corrected chi connectivity index (χ2v) is 5.15. The molecule has 0 radical (unpaired) electrons. The molecule has 1 aliphatic heterocycles. The van der Waals surface area contributed by atoms with Gasteiger partial charge in [-0.3, -0.25) is 4.79 Å². The first-order chi connectivity index (χ1) is 9.16. The molecule has 0 aliphatic carbocycles. The Balaban J connectivity index is 1.72. The van der Waals surface area contributed by atoms with E-state index in [1.165, 1.54) is 0 Å². The topological polar surface area (TPSA) is 41.6 Å². The van der Waals surface area contributed by atoms with Crippen molar-refractivity contribution in [3.63, 3.8) is 0 Å². The standard InChI is InChI=1S/C14H19ClN2O2/c1-17(14(18)13-3-2-8-16-13)9-10-19-12-6-4-11(15)5-7-12/h4-7,13,16H,2-3,8-10H2,1H3. The first-order valence-electron chi connectivity index (χ1n) is 6.53. The van der Waals surface area contributed by atoms with Gasteiger partial charge >= 0.3 is 0 Å². The van der Waals surface area contributed by atoms with E-state index in [9.17, 15) is 4.79 Å². The van der Waals surface area contributed by atoms with Gasteiger partial charge in [0, 0.05) is 12.1 Å². The fraction of sp³-hybridized carbons (Fsp3) is 0.500. The average molecular weight is 283 g/mol. The molecule has 1 N–H and O–H groups in total. The largest absolute Gasteiger partial charge is 0.492 e. The van der Waals surface area contributed by atoms with Gasteiger partial charge in [-0.15, -0.1) is 0 Å². The van der Waals surface area contributed by atoms with Gasteiger partial charge in [-0.25, -0.2) is 0 Å². The number of amides is 1. The molecule has 1 aromatic carbocycles. The average Bonchev–Trinajstić information content (AvgIpc) is 2.94. The first kappa shape index (κ1) is 14.2. The summed E-state index contributed by atoms with van der Waals surface area (Å²) in [4.78, 5) is 13.7. The van der Waals surface area contributed by atoms with E-state index in [0.717, 1.165) is 25.1 Å². The quantitative estimate of drug-likeness (QED) is 0.897. The normalized spacial score (nSPS) is 18.3. The lowest BCUT2D eigenvalue weighted by Crippen LogP contribution is -2.43. The van der Waals surface area contributed by atoms with E-state index in [0.29, 0.717) is 18.2 Å². The molecule has 104 valence electrons. The number of ether oxygens (including phenoxy) is 1. The predicted octanol–water partition coefficient (Wildman–Crippen LogP) is 1.93. The molecule has 1 saturated heterocycles. The molecular formula is C14H19ClN2O2. The van der Waals surface area contributed by atoms with E-state index < -0.39 is 0 Å². The van der Waals surface area contributed by atoms with Crippen molar-refractivity contribution in [3.8, 4) is 5.75 Å². The van der Waals surface area contributed by atoms with Crippen molar-refractivity contribution in [2.75, 3.05) is 26.7 Å². The van der Waals surface area contributed by atoms with Crippen molar-refractivity contribution in [2.24, 2.45) is 0 Å². The second-order valence-electron chi connectivity index (χ2n) is 4.71. The van der Waals surface area contributed by atoms with E-state index in [2.05, 4.69) is 5.32 Å². The Kier molecular flexibility index (Phi) is 5.05. The molecule has 1 heterocycles. The van der Waals surface area contributed by atoms with Crippen LogP contribution in [0.15, 0.2) is 24.3 Å². The predicted molar refractivity (Wildman–Crippen MR) is 75.6 cm³/mol. The minimum atomic E-state index is -0.0134. The number of hydrogen-bond acceptors (Lipinski definition) is 3. The molecule has 1 amide bonds. The molecule has 1 fully saturated rings. The third-order valence-corrected chi connectivity index (χ3v) is 3.50. The summed E-state index contributed by atoms with van der Waals surface area (Å²) in [6.07, 6.45) is 2.01. The zero-order valence-electron chi connectivity index (χ0n) is 11.1. The van der Waals surface area contributed by atoms with Gasteiger partial charge in [-0.2, -0.15) is 0 Å². The Morgan fingerprint density at radius 1 is 1.47 bits per heavy atom. The van der Waals surface area contributed by atoms with Crippen LogP contribution in [0.2, 0.25) is 5.02 Å². The molecule has 2 rings (SSSR count). The highest BCUT2D eigenvalue weighted by atomic mass is 35.5. The number of rotatable bonds is 5. The van der Waals surface area contributed by atoms with Crippen LogP contribution in [0.4, 0.5) is 0 Å². The van der Waals surface area contributed by atoms with Gasteiger partial charge in [0.2, 0.25) is 5.91 Å². The van der Waals surface area contributed by atoms with E-state index in [4.69, 9.17) is 16.3 Å². The summed E-state index contributed by atoms with van der Waals surface area (Å²) in [5, 5.41) is 3.89. The van der Waals surface area contributed by atoms with E-state index in [1.54, 1.807) is 17.0 Å². The van der Waals surface area contributed by atoms with Gasteiger partial charge in [-0.1, -0.05) is 11.6 Å². The lowest BCUT2D eigenvalue weighted by atomic mass is 10.2. The van der Waals surface area contributed by atoms with Crippen LogP contribution in [0, 0.1) is 0 Å². The highest BCUT2D eigenvalue weighted by Gasteiger charge is 2.24. The zero-order chi connectivity index (χ0) is 13.7. The maximum absolute atomic E-state index is 12.0. The van der Waals surface area contributed by atoms with Gasteiger partial charge in [-0.05, 0) is 43.7 Å². The lowest BCUT2D eigenvalue weighted by molar-refractivity contribution is -0.132. The van der Waals surface area contributed by atoms with Crippen LogP contribution in [0.25, 0.3) is 0 Å². The molecule has 1 atom stereocenters. The smallest absolute Gasteiger partial charge is 0.239 e. The summed E-state index contributed by atoms with van der Waals surface area (Å²) in [5.41, 5.74) is 0. The van der Waals surface area contributed by atoms with Crippen molar-refractivity contribution in [3.05, 3.63) is 29.3 Å². The van der Waals surface area contributed by atoms with Gasteiger partial charge in [0.1, 0.15) is 12.4 Å². The zero-order valence-corrected chi connectivity index (χ0v) is 11.8. The summed E-state index contributed by atoms with van der Waals surface area (Å²) in [5.74, 6) is 0.918. The van der Waals surface area contributed by atoms with E-state index in [-0.39, 0.29) is 11.9 Å². The van der Waals surface area contributed by atoms with Crippen LogP contribution in [-0.4, -0.2) is 43.6 Å². The Labute approximate surface area is 118 Å². The number of carbonyl (C=O) groups is 1. The van der Waals surface area contributed by atoms with Crippen LogP contribution in [0.3, 0.4) is 0 Å². The summed E-state index contributed by atoms with van der Waals surface area (Å²) in [7, 11) is 1.81. The summed E-state index contributed by atoms with van der Waals surface area (Å²) < 4.78 is 5.57. The minimum Gasteiger partial charge on any atom is -0.492 e. The SMILES string of the molecule is CN(CCOc1ccc(Cl)cc1)C(=O)C1CCCN1.